The number of aromatic nitrogens is 2. The number of rotatable bonds is 9. The zero-order chi connectivity index (χ0) is 20.9. The van der Waals surface area contributed by atoms with Gasteiger partial charge in [0.05, 0.1) is 0 Å². The van der Waals surface area contributed by atoms with E-state index in [2.05, 4.69) is 26.7 Å². The van der Waals surface area contributed by atoms with E-state index in [1.54, 1.807) is 0 Å². The minimum absolute atomic E-state index is 0.504. The maximum Gasteiger partial charge on any atom is 0.225 e. The van der Waals surface area contributed by atoms with Crippen LogP contribution in [0.1, 0.15) is 90.5 Å². The average Bonchev–Trinajstić information content (AvgIpc) is 2.81. The summed E-state index contributed by atoms with van der Waals surface area (Å²) in [5.41, 5.74) is 1.20. The summed E-state index contributed by atoms with van der Waals surface area (Å²) in [6, 6.07) is 0.504. The van der Waals surface area contributed by atoms with Crippen molar-refractivity contribution in [1.29, 1.82) is 0 Å². The van der Waals surface area contributed by atoms with Crippen molar-refractivity contribution in [2.45, 2.75) is 97.4 Å². The maximum absolute atomic E-state index is 11.5. The van der Waals surface area contributed by atoms with Crippen LogP contribution in [0.4, 0.5) is 5.95 Å². The Morgan fingerprint density at radius 2 is 1.79 bits per heavy atom. The third kappa shape index (κ3) is 7.60. The number of hydrogen-bond acceptors (Lipinski definition) is 4. The van der Waals surface area contributed by atoms with Crippen molar-refractivity contribution in [2.24, 2.45) is 5.92 Å². The summed E-state index contributed by atoms with van der Waals surface area (Å²) >= 11 is 0. The highest BCUT2D eigenvalue weighted by Crippen LogP contribution is 2.25. The van der Waals surface area contributed by atoms with Crippen LogP contribution in [-0.4, -0.2) is 47.0 Å². The predicted molar refractivity (Wildman–Crippen MR) is 121 cm³/mol. The standard InChI is InChI=1S/C22H36N4O.C2H6/c1-2-19-15-23-22(24-16-19)25-14-8-10-20(17-25)9-6-7-13-26(18-27)21-11-4-3-5-12-21;1-2/h15-16,18,20-21H,2-14,17H2,1H3;1-2H3. The van der Waals surface area contributed by atoms with E-state index >= 15 is 0 Å². The van der Waals surface area contributed by atoms with Crippen LogP contribution in [0, 0.1) is 5.92 Å². The Bertz CT molecular complexity index is 557. The van der Waals surface area contributed by atoms with Gasteiger partial charge in [0.2, 0.25) is 12.4 Å². The van der Waals surface area contributed by atoms with Crippen LogP contribution in [0.5, 0.6) is 0 Å². The van der Waals surface area contributed by atoms with Crippen LogP contribution < -0.4 is 4.90 Å². The molecule has 1 aliphatic heterocycles. The highest BCUT2D eigenvalue weighted by atomic mass is 16.1. The third-order valence-electron chi connectivity index (χ3n) is 6.36. The Hall–Kier alpha value is -1.65. The Labute approximate surface area is 178 Å². The van der Waals surface area contributed by atoms with Gasteiger partial charge in [-0.25, -0.2) is 9.97 Å². The molecule has 164 valence electrons. The topological polar surface area (TPSA) is 49.3 Å². The summed E-state index contributed by atoms with van der Waals surface area (Å²) in [5.74, 6) is 1.62. The van der Waals surface area contributed by atoms with E-state index in [1.165, 1.54) is 63.4 Å². The quantitative estimate of drug-likeness (QED) is 0.418. The molecule has 2 aliphatic rings. The lowest BCUT2D eigenvalue weighted by molar-refractivity contribution is -0.120. The van der Waals surface area contributed by atoms with Crippen molar-refractivity contribution in [1.82, 2.24) is 14.9 Å². The van der Waals surface area contributed by atoms with Gasteiger partial charge in [-0.3, -0.25) is 4.79 Å². The number of carbonyl (C=O) groups excluding carboxylic acids is 1. The molecule has 1 unspecified atom stereocenters. The zero-order valence-corrected chi connectivity index (χ0v) is 19.0. The first-order valence-corrected chi connectivity index (χ1v) is 12.1. The number of piperidine rings is 1. The van der Waals surface area contributed by atoms with Crippen LogP contribution in [0.2, 0.25) is 0 Å². The van der Waals surface area contributed by atoms with Gasteiger partial charge in [0.25, 0.3) is 0 Å². The fraction of sp³-hybridized carbons (Fsp3) is 0.792. The summed E-state index contributed by atoms with van der Waals surface area (Å²) in [7, 11) is 0. The Kier molecular flexibility index (Phi) is 11.0. The molecular formula is C24H42N4O. The molecule has 0 N–H and O–H groups in total. The highest BCUT2D eigenvalue weighted by molar-refractivity contribution is 5.47. The molecule has 0 aromatic carbocycles. The van der Waals surface area contributed by atoms with Gasteiger partial charge in [0.15, 0.2) is 0 Å². The summed E-state index contributed by atoms with van der Waals surface area (Å²) in [6.07, 6.45) is 18.5. The molecule has 2 heterocycles. The molecule has 1 atom stereocenters. The van der Waals surface area contributed by atoms with Gasteiger partial charge < -0.3 is 9.80 Å². The maximum atomic E-state index is 11.5. The molecule has 1 aromatic rings. The lowest BCUT2D eigenvalue weighted by Gasteiger charge is -2.33. The van der Waals surface area contributed by atoms with Crippen LogP contribution in [-0.2, 0) is 11.2 Å². The summed E-state index contributed by atoms with van der Waals surface area (Å²) < 4.78 is 0. The monoisotopic (exact) mass is 402 g/mol. The SMILES string of the molecule is CC.CCc1cnc(N2CCCC(CCCCN(C=O)C3CCCCC3)C2)nc1. The second-order valence-electron chi connectivity index (χ2n) is 8.33. The van der Waals surface area contributed by atoms with Crippen molar-refractivity contribution in [3.8, 4) is 0 Å². The van der Waals surface area contributed by atoms with Crippen molar-refractivity contribution < 1.29 is 4.79 Å². The molecule has 2 fully saturated rings. The van der Waals surface area contributed by atoms with Gasteiger partial charge in [-0.1, -0.05) is 46.5 Å². The van der Waals surface area contributed by atoms with Crippen LogP contribution in [0.25, 0.3) is 0 Å². The van der Waals surface area contributed by atoms with Crippen LogP contribution in [0.15, 0.2) is 12.4 Å². The van der Waals surface area contributed by atoms with Gasteiger partial charge in [-0.05, 0) is 56.4 Å². The molecule has 5 nitrogen and oxygen atoms in total. The molecule has 1 aliphatic carbocycles. The number of amides is 1. The Morgan fingerprint density at radius 3 is 2.45 bits per heavy atom. The number of hydrogen-bond donors (Lipinski definition) is 0. The van der Waals surface area contributed by atoms with Gasteiger partial charge >= 0.3 is 0 Å². The molecule has 1 saturated heterocycles. The van der Waals surface area contributed by atoms with Gasteiger partial charge in [-0.15, -0.1) is 0 Å². The first-order chi connectivity index (χ1) is 14.3. The van der Waals surface area contributed by atoms with E-state index in [0.29, 0.717) is 6.04 Å². The Balaban J connectivity index is 0.00000145. The van der Waals surface area contributed by atoms with E-state index < -0.39 is 0 Å². The molecule has 0 spiro atoms. The fourth-order valence-electron chi connectivity index (χ4n) is 4.64. The zero-order valence-electron chi connectivity index (χ0n) is 19.0. The first kappa shape index (κ1) is 23.6. The third-order valence-corrected chi connectivity index (χ3v) is 6.36. The minimum atomic E-state index is 0.504. The summed E-state index contributed by atoms with van der Waals surface area (Å²) in [4.78, 5) is 25.0. The van der Waals surface area contributed by atoms with E-state index in [1.807, 2.05) is 26.2 Å². The van der Waals surface area contributed by atoms with Crippen molar-refractivity contribution in [2.75, 3.05) is 24.5 Å². The molecule has 1 saturated carbocycles. The second kappa shape index (κ2) is 13.6. The predicted octanol–water partition coefficient (Wildman–Crippen LogP) is 5.24. The van der Waals surface area contributed by atoms with E-state index in [0.717, 1.165) is 50.8 Å². The second-order valence-corrected chi connectivity index (χ2v) is 8.33. The summed E-state index contributed by atoms with van der Waals surface area (Å²) in [6.45, 7) is 9.22. The summed E-state index contributed by atoms with van der Waals surface area (Å²) in [5, 5.41) is 0. The lowest BCUT2D eigenvalue weighted by atomic mass is 9.92. The normalized spacial score (nSPS) is 20.0. The molecule has 1 amide bonds. The van der Waals surface area contributed by atoms with Gasteiger partial charge in [-0.2, -0.15) is 0 Å². The smallest absolute Gasteiger partial charge is 0.225 e. The van der Waals surface area contributed by atoms with E-state index in [9.17, 15) is 4.79 Å². The Morgan fingerprint density at radius 1 is 1.07 bits per heavy atom. The number of aryl methyl sites for hydroxylation is 1. The average molecular weight is 403 g/mol. The number of carbonyl (C=O) groups is 1. The van der Waals surface area contributed by atoms with E-state index in [-0.39, 0.29) is 0 Å². The van der Waals surface area contributed by atoms with Crippen LogP contribution in [0.3, 0.4) is 0 Å². The lowest BCUT2D eigenvalue weighted by Crippen LogP contribution is -2.37. The van der Waals surface area contributed by atoms with Gasteiger partial charge in [0.1, 0.15) is 0 Å². The van der Waals surface area contributed by atoms with Crippen molar-refractivity contribution in [3.05, 3.63) is 18.0 Å². The first-order valence-electron chi connectivity index (χ1n) is 12.1. The molecule has 1 aromatic heterocycles. The number of anilines is 1. The van der Waals surface area contributed by atoms with Crippen molar-refractivity contribution >= 4 is 12.4 Å². The molecule has 5 heteroatoms. The molecule has 0 bridgehead atoms. The minimum Gasteiger partial charge on any atom is -0.342 e. The largest absolute Gasteiger partial charge is 0.342 e. The van der Waals surface area contributed by atoms with Crippen LogP contribution >= 0.6 is 0 Å². The fourth-order valence-corrected chi connectivity index (χ4v) is 4.64. The van der Waals surface area contributed by atoms with Crippen molar-refractivity contribution in [3.63, 3.8) is 0 Å². The molecule has 29 heavy (non-hydrogen) atoms. The molecule has 0 radical (unpaired) electrons. The number of unbranched alkanes of at least 4 members (excludes halogenated alkanes) is 1. The van der Waals surface area contributed by atoms with Gasteiger partial charge in [0, 0.05) is 38.1 Å². The molecule has 3 rings (SSSR count). The molecular weight excluding hydrogens is 360 g/mol. The highest BCUT2D eigenvalue weighted by Gasteiger charge is 2.22. The van der Waals surface area contributed by atoms with E-state index in [4.69, 9.17) is 0 Å². The number of nitrogens with zero attached hydrogens (tertiary/aromatic N) is 4.